The Balaban J connectivity index is 1.19. The Bertz CT molecular complexity index is 1500. The van der Waals surface area contributed by atoms with Gasteiger partial charge in [0.1, 0.15) is 11.6 Å². The monoisotopic (exact) mass is 537 g/mol. The lowest BCUT2D eigenvalue weighted by Crippen LogP contribution is -2.44. The zero-order valence-electron chi connectivity index (χ0n) is 20.1. The molecular formula is C27H25Cl2N5O3. The number of amides is 1. The predicted octanol–water partition coefficient (Wildman–Crippen LogP) is 4.67. The van der Waals surface area contributed by atoms with Crippen molar-refractivity contribution in [1.29, 1.82) is 0 Å². The number of ether oxygens (including phenoxy) is 1. The van der Waals surface area contributed by atoms with Crippen LogP contribution >= 0.6 is 23.2 Å². The van der Waals surface area contributed by atoms with E-state index in [0.717, 1.165) is 31.9 Å². The summed E-state index contributed by atoms with van der Waals surface area (Å²) in [7, 11) is 2.11. The number of hydrogen-bond donors (Lipinski definition) is 2. The summed E-state index contributed by atoms with van der Waals surface area (Å²) in [6, 6.07) is 17.4. The van der Waals surface area contributed by atoms with E-state index in [1.54, 1.807) is 48.5 Å². The molecule has 0 unspecified atom stereocenters. The molecule has 37 heavy (non-hydrogen) atoms. The van der Waals surface area contributed by atoms with E-state index in [-0.39, 0.29) is 18.1 Å². The number of benzene rings is 3. The quantitative estimate of drug-likeness (QED) is 0.371. The van der Waals surface area contributed by atoms with Gasteiger partial charge in [-0.05, 0) is 67.7 Å². The van der Waals surface area contributed by atoms with E-state index >= 15 is 0 Å². The average Bonchev–Trinajstić information content (AvgIpc) is 2.88. The Morgan fingerprint density at radius 2 is 1.78 bits per heavy atom. The summed E-state index contributed by atoms with van der Waals surface area (Å²) in [6.07, 6.45) is 0. The van der Waals surface area contributed by atoms with Gasteiger partial charge in [0.25, 0.3) is 11.5 Å². The minimum Gasteiger partial charge on any atom is -0.484 e. The highest BCUT2D eigenvalue weighted by atomic mass is 35.5. The van der Waals surface area contributed by atoms with Gasteiger partial charge >= 0.3 is 0 Å². The summed E-state index contributed by atoms with van der Waals surface area (Å²) in [5, 5.41) is 4.39. The summed E-state index contributed by atoms with van der Waals surface area (Å²) in [6.45, 7) is 3.63. The third-order valence-electron chi connectivity index (χ3n) is 6.24. The van der Waals surface area contributed by atoms with Crippen molar-refractivity contribution in [2.75, 3.05) is 50.1 Å². The molecule has 0 radical (unpaired) electrons. The number of hydrogen-bond acceptors (Lipinski definition) is 6. The van der Waals surface area contributed by atoms with Gasteiger partial charge in [-0.1, -0.05) is 23.2 Å². The summed E-state index contributed by atoms with van der Waals surface area (Å²) >= 11 is 12.5. The molecule has 8 nitrogen and oxygen atoms in total. The van der Waals surface area contributed by atoms with E-state index in [1.165, 1.54) is 0 Å². The zero-order valence-corrected chi connectivity index (χ0v) is 21.6. The molecule has 1 aromatic heterocycles. The number of aromatic nitrogens is 2. The van der Waals surface area contributed by atoms with Crippen LogP contribution in [0.4, 0.5) is 11.4 Å². The molecule has 1 fully saturated rings. The fourth-order valence-corrected chi connectivity index (χ4v) is 4.66. The standard InChI is InChI=1S/C27H25Cl2N5O3/c1-33-10-12-34(13-11-33)24-9-5-19(15-22(24)29)30-25(35)16-37-20-6-2-17(3-7-20)26-31-23-14-18(28)4-8-21(23)27(36)32-26/h2-9,14-15H,10-13,16H2,1H3,(H,30,35)(H,31,32,36). The number of carbonyl (C=O) groups excluding carboxylic acids is 1. The highest BCUT2D eigenvalue weighted by molar-refractivity contribution is 6.33. The van der Waals surface area contributed by atoms with Crippen molar-refractivity contribution in [1.82, 2.24) is 14.9 Å². The highest BCUT2D eigenvalue weighted by Crippen LogP contribution is 2.29. The summed E-state index contributed by atoms with van der Waals surface area (Å²) < 4.78 is 5.63. The zero-order chi connectivity index (χ0) is 25.9. The minimum atomic E-state index is -0.301. The second kappa shape index (κ2) is 10.8. The lowest BCUT2D eigenvalue weighted by molar-refractivity contribution is -0.118. The first-order valence-corrected chi connectivity index (χ1v) is 12.6. The van der Waals surface area contributed by atoms with Crippen molar-refractivity contribution >= 4 is 51.4 Å². The molecule has 2 heterocycles. The van der Waals surface area contributed by atoms with Crippen LogP contribution < -0.4 is 20.5 Å². The summed E-state index contributed by atoms with van der Waals surface area (Å²) in [5.41, 5.74) is 2.55. The molecule has 1 amide bonds. The van der Waals surface area contributed by atoms with Gasteiger partial charge in [0.05, 0.1) is 21.6 Å². The lowest BCUT2D eigenvalue weighted by atomic mass is 10.2. The highest BCUT2D eigenvalue weighted by Gasteiger charge is 2.17. The smallest absolute Gasteiger partial charge is 0.262 e. The number of nitrogens with zero attached hydrogens (tertiary/aromatic N) is 3. The third kappa shape index (κ3) is 5.88. The minimum absolute atomic E-state index is 0.166. The third-order valence-corrected chi connectivity index (χ3v) is 6.78. The number of fused-ring (bicyclic) bond motifs is 1. The number of anilines is 2. The number of halogens is 2. The van der Waals surface area contributed by atoms with Crippen LogP contribution in [0, 0.1) is 0 Å². The fourth-order valence-electron chi connectivity index (χ4n) is 4.19. The second-order valence-electron chi connectivity index (χ2n) is 8.89. The van der Waals surface area contributed by atoms with Crippen molar-refractivity contribution in [3.63, 3.8) is 0 Å². The Labute approximate surface area is 223 Å². The topological polar surface area (TPSA) is 90.6 Å². The normalized spacial score (nSPS) is 14.1. The van der Waals surface area contributed by atoms with Crippen LogP contribution in [-0.2, 0) is 4.79 Å². The Hall–Kier alpha value is -3.59. The van der Waals surface area contributed by atoms with Gasteiger partial charge in [-0.25, -0.2) is 4.98 Å². The lowest BCUT2D eigenvalue weighted by Gasteiger charge is -2.34. The van der Waals surface area contributed by atoms with Gasteiger partial charge in [0, 0.05) is 42.5 Å². The first-order chi connectivity index (χ1) is 17.9. The van der Waals surface area contributed by atoms with Gasteiger partial charge in [0.2, 0.25) is 0 Å². The van der Waals surface area contributed by atoms with E-state index in [2.05, 4.69) is 32.1 Å². The van der Waals surface area contributed by atoms with Crippen molar-refractivity contribution in [3.8, 4) is 17.1 Å². The molecular weight excluding hydrogens is 513 g/mol. The van der Waals surface area contributed by atoms with E-state index in [1.807, 2.05) is 12.1 Å². The van der Waals surface area contributed by atoms with Crippen LogP contribution in [0.3, 0.4) is 0 Å². The van der Waals surface area contributed by atoms with Crippen LogP contribution in [0.5, 0.6) is 5.75 Å². The van der Waals surface area contributed by atoms with Crippen LogP contribution in [0.25, 0.3) is 22.3 Å². The maximum atomic E-state index is 12.4. The van der Waals surface area contributed by atoms with Crippen LogP contribution in [-0.4, -0.2) is 60.6 Å². The van der Waals surface area contributed by atoms with E-state index in [0.29, 0.717) is 43.8 Å². The van der Waals surface area contributed by atoms with Crippen molar-refractivity contribution < 1.29 is 9.53 Å². The summed E-state index contributed by atoms with van der Waals surface area (Å²) in [5.74, 6) is 0.624. The maximum Gasteiger partial charge on any atom is 0.262 e. The molecule has 0 saturated carbocycles. The van der Waals surface area contributed by atoms with Crippen LogP contribution in [0.15, 0.2) is 65.5 Å². The van der Waals surface area contributed by atoms with Gasteiger partial charge in [-0.3, -0.25) is 9.59 Å². The van der Waals surface area contributed by atoms with Gasteiger partial charge in [-0.15, -0.1) is 0 Å². The van der Waals surface area contributed by atoms with Crippen molar-refractivity contribution in [2.45, 2.75) is 0 Å². The number of nitrogens with one attached hydrogen (secondary N) is 2. The summed E-state index contributed by atoms with van der Waals surface area (Å²) in [4.78, 5) is 36.7. The van der Waals surface area contributed by atoms with E-state index < -0.39 is 0 Å². The molecule has 0 bridgehead atoms. The predicted molar refractivity (Wildman–Crippen MR) is 148 cm³/mol. The molecule has 2 N–H and O–H groups in total. The largest absolute Gasteiger partial charge is 0.484 e. The SMILES string of the molecule is CN1CCN(c2ccc(NC(=O)COc3ccc(-c4nc5cc(Cl)ccc5c(=O)[nH]4)cc3)cc2Cl)CC1. The van der Waals surface area contributed by atoms with Gasteiger partial charge < -0.3 is 24.8 Å². The first kappa shape index (κ1) is 25.1. The Morgan fingerprint density at radius 1 is 1.03 bits per heavy atom. The molecule has 1 aliphatic rings. The molecule has 5 rings (SSSR count). The Kier molecular flexibility index (Phi) is 7.32. The van der Waals surface area contributed by atoms with Crippen molar-refractivity contribution in [2.24, 2.45) is 0 Å². The van der Waals surface area contributed by atoms with Crippen LogP contribution in [0.2, 0.25) is 10.0 Å². The Morgan fingerprint density at radius 3 is 2.51 bits per heavy atom. The molecule has 1 saturated heterocycles. The molecule has 190 valence electrons. The number of carbonyl (C=O) groups is 1. The number of rotatable bonds is 6. The fraction of sp³-hybridized carbons (Fsp3) is 0.222. The molecule has 0 spiro atoms. The van der Waals surface area contributed by atoms with Gasteiger partial charge in [-0.2, -0.15) is 0 Å². The average molecular weight is 538 g/mol. The van der Waals surface area contributed by atoms with Crippen molar-refractivity contribution in [3.05, 3.63) is 81.1 Å². The molecule has 10 heteroatoms. The van der Waals surface area contributed by atoms with E-state index in [4.69, 9.17) is 27.9 Å². The molecule has 1 aliphatic heterocycles. The number of piperazine rings is 1. The second-order valence-corrected chi connectivity index (χ2v) is 9.74. The van der Waals surface area contributed by atoms with Gasteiger partial charge in [0.15, 0.2) is 6.61 Å². The molecule has 0 atom stereocenters. The van der Waals surface area contributed by atoms with E-state index in [9.17, 15) is 9.59 Å². The molecule has 0 aliphatic carbocycles. The molecule has 3 aromatic carbocycles. The number of H-pyrrole nitrogens is 1. The number of aromatic amines is 1. The maximum absolute atomic E-state index is 12.4. The van der Waals surface area contributed by atoms with Crippen LogP contribution in [0.1, 0.15) is 0 Å². The first-order valence-electron chi connectivity index (χ1n) is 11.8. The molecule has 4 aromatic rings. The number of likely N-dealkylation sites (N-methyl/N-ethyl adjacent to an activating group) is 1.